The van der Waals surface area contributed by atoms with Crippen LogP contribution in [-0.4, -0.2) is 39.6 Å². The van der Waals surface area contributed by atoms with Crippen LogP contribution in [0.15, 0.2) is 42.5 Å². The van der Waals surface area contributed by atoms with Gasteiger partial charge in [-0.1, -0.05) is 18.2 Å². The Labute approximate surface area is 148 Å². The summed E-state index contributed by atoms with van der Waals surface area (Å²) in [7, 11) is 0. The monoisotopic (exact) mass is 359 g/mol. The van der Waals surface area contributed by atoms with E-state index in [-0.39, 0.29) is 30.2 Å². The first-order valence-corrected chi connectivity index (χ1v) is 7.60. The smallest absolute Gasteiger partial charge is 0.326 e. The van der Waals surface area contributed by atoms with Gasteiger partial charge in [-0.15, -0.1) is 0 Å². The predicted octanol–water partition coefficient (Wildman–Crippen LogP) is 1.74. The fourth-order valence-corrected chi connectivity index (χ4v) is 2.20. The summed E-state index contributed by atoms with van der Waals surface area (Å²) in [6.07, 6.45) is -0.403. The number of nitrogens with two attached hydrogens (primary N) is 1. The van der Waals surface area contributed by atoms with Crippen molar-refractivity contribution in [3.05, 3.63) is 42.5 Å². The van der Waals surface area contributed by atoms with E-state index in [1.54, 1.807) is 30.3 Å². The predicted molar refractivity (Wildman–Crippen MR) is 92.0 cm³/mol. The van der Waals surface area contributed by atoms with Crippen molar-refractivity contribution in [1.29, 1.82) is 0 Å². The van der Waals surface area contributed by atoms with Crippen molar-refractivity contribution < 1.29 is 29.3 Å². The summed E-state index contributed by atoms with van der Waals surface area (Å²) < 4.78 is 5.56. The molecule has 0 saturated heterocycles. The number of rotatable bonds is 9. The second-order valence-electron chi connectivity index (χ2n) is 5.28. The van der Waals surface area contributed by atoms with E-state index < -0.39 is 24.4 Å². The number of anilines is 2. The van der Waals surface area contributed by atoms with Crippen molar-refractivity contribution >= 4 is 29.9 Å². The van der Waals surface area contributed by atoms with Gasteiger partial charge >= 0.3 is 11.9 Å². The van der Waals surface area contributed by atoms with Crippen molar-refractivity contribution in [1.82, 2.24) is 4.98 Å². The topological polar surface area (TPSA) is 143 Å². The molecule has 0 bridgehead atoms. The average molecular weight is 359 g/mol. The highest BCUT2D eigenvalue weighted by atomic mass is 16.5. The number of amides is 1. The summed E-state index contributed by atoms with van der Waals surface area (Å²) in [5.74, 6) is -2.06. The van der Waals surface area contributed by atoms with Crippen LogP contribution in [0.3, 0.4) is 0 Å². The lowest BCUT2D eigenvalue weighted by Crippen LogP contribution is -2.41. The molecule has 1 heterocycles. The van der Waals surface area contributed by atoms with Gasteiger partial charge < -0.3 is 20.7 Å². The maximum atomic E-state index is 11.5. The van der Waals surface area contributed by atoms with Crippen LogP contribution in [0, 0.1) is 0 Å². The Morgan fingerprint density at radius 1 is 1.19 bits per heavy atom. The molecular formula is C17H17N3O6. The minimum atomic E-state index is -1.38. The van der Waals surface area contributed by atoms with Crippen LogP contribution in [-0.2, 0) is 14.4 Å². The number of nitrogens with zero attached hydrogens (tertiary/aromatic N) is 2. The number of benzene rings is 1. The number of hydrogen-bond donors (Lipinski definition) is 3. The molecule has 2 aromatic rings. The van der Waals surface area contributed by atoms with E-state index in [1.807, 2.05) is 0 Å². The molecule has 0 fully saturated rings. The Bertz CT molecular complexity index is 796. The highest BCUT2D eigenvalue weighted by Gasteiger charge is 2.28. The lowest BCUT2D eigenvalue weighted by molar-refractivity contribution is -0.140. The molecule has 1 atom stereocenters. The van der Waals surface area contributed by atoms with Crippen LogP contribution < -0.4 is 15.4 Å². The van der Waals surface area contributed by atoms with E-state index in [9.17, 15) is 19.5 Å². The number of aromatic nitrogens is 1. The number of ether oxygens (including phenoxy) is 1. The first kappa shape index (κ1) is 18.7. The largest absolute Gasteiger partial charge is 0.481 e. The van der Waals surface area contributed by atoms with Gasteiger partial charge in [-0.05, 0) is 30.7 Å². The minimum Gasteiger partial charge on any atom is -0.481 e. The van der Waals surface area contributed by atoms with Crippen LogP contribution >= 0.6 is 0 Å². The molecule has 26 heavy (non-hydrogen) atoms. The van der Waals surface area contributed by atoms with Crippen molar-refractivity contribution in [3.63, 3.8) is 0 Å². The SMILES string of the molecule is Nc1ccc(N(C=O)[C@@H](CCC(=O)O)C(=O)O)nc1Oc1ccccc1. The molecule has 9 heteroatoms. The van der Waals surface area contributed by atoms with E-state index in [0.29, 0.717) is 5.75 Å². The second-order valence-corrected chi connectivity index (χ2v) is 5.28. The average Bonchev–Trinajstić information content (AvgIpc) is 2.61. The van der Waals surface area contributed by atoms with E-state index >= 15 is 0 Å². The number of nitrogen functional groups attached to an aromatic ring is 1. The molecule has 1 amide bonds. The Hall–Kier alpha value is -3.62. The highest BCUT2D eigenvalue weighted by Crippen LogP contribution is 2.28. The van der Waals surface area contributed by atoms with Crippen molar-refractivity contribution in [2.45, 2.75) is 18.9 Å². The van der Waals surface area contributed by atoms with Gasteiger partial charge in [0, 0.05) is 6.42 Å². The molecule has 0 aliphatic carbocycles. The normalized spacial score (nSPS) is 11.4. The van der Waals surface area contributed by atoms with Crippen LogP contribution in [0.5, 0.6) is 11.6 Å². The van der Waals surface area contributed by atoms with Gasteiger partial charge in [0.2, 0.25) is 12.3 Å². The fraction of sp³-hybridized carbons (Fsp3) is 0.176. The zero-order valence-electron chi connectivity index (χ0n) is 13.6. The van der Waals surface area contributed by atoms with Crippen LogP contribution in [0.25, 0.3) is 0 Å². The summed E-state index contributed by atoms with van der Waals surface area (Å²) in [4.78, 5) is 38.6. The third-order valence-electron chi connectivity index (χ3n) is 3.46. The van der Waals surface area contributed by atoms with Gasteiger partial charge in [0.1, 0.15) is 17.6 Å². The minimum absolute atomic E-state index is 0.00271. The zero-order valence-corrected chi connectivity index (χ0v) is 13.6. The highest BCUT2D eigenvalue weighted by molar-refractivity contribution is 5.87. The number of carboxylic acids is 2. The molecule has 0 radical (unpaired) electrons. The maximum absolute atomic E-state index is 11.5. The lowest BCUT2D eigenvalue weighted by atomic mass is 10.1. The van der Waals surface area contributed by atoms with Gasteiger partial charge in [0.15, 0.2) is 0 Å². The fourth-order valence-electron chi connectivity index (χ4n) is 2.20. The van der Waals surface area contributed by atoms with Gasteiger partial charge in [-0.3, -0.25) is 14.5 Å². The maximum Gasteiger partial charge on any atom is 0.326 e. The van der Waals surface area contributed by atoms with Gasteiger partial charge in [0.05, 0.1) is 5.69 Å². The molecule has 136 valence electrons. The molecule has 1 aromatic carbocycles. The summed E-state index contributed by atoms with van der Waals surface area (Å²) in [6, 6.07) is 10.1. The number of carboxylic acid groups (broad SMARTS) is 2. The van der Waals surface area contributed by atoms with E-state index in [4.69, 9.17) is 15.6 Å². The van der Waals surface area contributed by atoms with Crippen LogP contribution in [0.2, 0.25) is 0 Å². The Kier molecular flexibility index (Phi) is 6.10. The number of para-hydroxylation sites is 1. The van der Waals surface area contributed by atoms with Crippen LogP contribution in [0.4, 0.5) is 11.5 Å². The van der Waals surface area contributed by atoms with E-state index in [2.05, 4.69) is 4.98 Å². The second kappa shape index (κ2) is 8.47. The van der Waals surface area contributed by atoms with E-state index in [0.717, 1.165) is 4.90 Å². The molecule has 0 aliphatic rings. The molecule has 0 saturated carbocycles. The summed E-state index contributed by atoms with van der Waals surface area (Å²) in [6.45, 7) is 0. The third kappa shape index (κ3) is 4.69. The quantitative estimate of drug-likeness (QED) is 0.574. The summed E-state index contributed by atoms with van der Waals surface area (Å²) >= 11 is 0. The molecule has 1 aromatic heterocycles. The number of carbonyl (C=O) groups is 3. The van der Waals surface area contributed by atoms with Crippen molar-refractivity contribution in [3.8, 4) is 11.6 Å². The zero-order chi connectivity index (χ0) is 19.1. The number of carbonyl (C=O) groups excluding carboxylic acids is 1. The first-order chi connectivity index (χ1) is 12.4. The first-order valence-electron chi connectivity index (χ1n) is 7.60. The number of hydrogen-bond acceptors (Lipinski definition) is 6. The van der Waals surface area contributed by atoms with Gasteiger partial charge in [-0.25, -0.2) is 4.79 Å². The van der Waals surface area contributed by atoms with E-state index in [1.165, 1.54) is 12.1 Å². The van der Waals surface area contributed by atoms with Gasteiger partial charge in [-0.2, -0.15) is 4.98 Å². The third-order valence-corrected chi connectivity index (χ3v) is 3.46. The lowest BCUT2D eigenvalue weighted by Gasteiger charge is -2.24. The molecule has 9 nitrogen and oxygen atoms in total. The molecule has 4 N–H and O–H groups in total. The Morgan fingerprint density at radius 3 is 2.46 bits per heavy atom. The molecule has 2 rings (SSSR count). The standard InChI is InChI=1S/C17H17N3O6/c18-12-6-8-14(19-16(12)26-11-4-2-1-3-5-11)20(10-21)13(17(24)25)7-9-15(22)23/h1-6,8,10,13H,7,9,18H2,(H,22,23)(H,24,25)/t13-/m0/s1. The molecular weight excluding hydrogens is 342 g/mol. The molecule has 0 spiro atoms. The molecule has 0 aliphatic heterocycles. The number of aliphatic carboxylic acids is 2. The Morgan fingerprint density at radius 2 is 1.88 bits per heavy atom. The van der Waals surface area contributed by atoms with Crippen molar-refractivity contribution in [2.24, 2.45) is 0 Å². The van der Waals surface area contributed by atoms with Crippen LogP contribution in [0.1, 0.15) is 12.8 Å². The van der Waals surface area contributed by atoms with Gasteiger partial charge in [0.25, 0.3) is 0 Å². The molecule has 0 unspecified atom stereocenters. The van der Waals surface area contributed by atoms with Crippen molar-refractivity contribution in [2.75, 3.05) is 10.6 Å². The Balaban J connectivity index is 2.31. The summed E-state index contributed by atoms with van der Waals surface area (Å²) in [5.41, 5.74) is 6.02. The number of pyridine rings is 1. The summed E-state index contributed by atoms with van der Waals surface area (Å²) in [5, 5.41) is 18.1.